The molecular formula is C14H25N3O. The summed E-state index contributed by atoms with van der Waals surface area (Å²) in [5, 5.41) is 6.78. The molecule has 102 valence electrons. The van der Waals surface area contributed by atoms with Crippen LogP contribution < -0.4 is 10.6 Å². The number of hydrogen-bond donors (Lipinski definition) is 2. The van der Waals surface area contributed by atoms with E-state index in [2.05, 4.69) is 15.5 Å². The van der Waals surface area contributed by atoms with Gasteiger partial charge in [-0.1, -0.05) is 0 Å². The maximum Gasteiger partial charge on any atom is 0.225 e. The van der Waals surface area contributed by atoms with Crippen molar-refractivity contribution in [1.29, 1.82) is 0 Å². The molecule has 2 heterocycles. The fraction of sp³-hybridized carbons (Fsp3) is 0.929. The molecule has 1 saturated carbocycles. The van der Waals surface area contributed by atoms with Gasteiger partial charge in [0, 0.05) is 25.6 Å². The molecule has 4 nitrogen and oxygen atoms in total. The molecule has 2 saturated heterocycles. The lowest BCUT2D eigenvalue weighted by Gasteiger charge is -2.50. The van der Waals surface area contributed by atoms with Gasteiger partial charge in [0.05, 0.1) is 0 Å². The summed E-state index contributed by atoms with van der Waals surface area (Å²) in [6.45, 7) is 6.18. The quantitative estimate of drug-likeness (QED) is 0.717. The minimum absolute atomic E-state index is 0.334. The number of carbonyl (C=O) groups is 1. The molecule has 18 heavy (non-hydrogen) atoms. The second-order valence-electron chi connectivity index (χ2n) is 6.28. The highest BCUT2D eigenvalue weighted by atomic mass is 16.2. The molecule has 1 spiro atoms. The van der Waals surface area contributed by atoms with E-state index in [0.717, 1.165) is 58.5 Å². The molecule has 3 aliphatic rings. The molecule has 1 aliphatic carbocycles. The number of hydrogen-bond acceptors (Lipinski definition) is 3. The first-order chi connectivity index (χ1) is 8.79. The van der Waals surface area contributed by atoms with Crippen molar-refractivity contribution in [1.82, 2.24) is 15.5 Å². The van der Waals surface area contributed by atoms with Gasteiger partial charge in [0.2, 0.25) is 5.91 Å². The zero-order chi connectivity index (χ0) is 12.4. The Hall–Kier alpha value is -0.610. The molecule has 0 unspecified atom stereocenters. The summed E-state index contributed by atoms with van der Waals surface area (Å²) in [5.41, 5.74) is 0.523. The molecule has 0 aromatic rings. The number of rotatable bonds is 1. The lowest BCUT2D eigenvalue weighted by molar-refractivity contribution is -0.144. The van der Waals surface area contributed by atoms with E-state index in [-0.39, 0.29) is 0 Å². The molecule has 3 fully saturated rings. The van der Waals surface area contributed by atoms with Crippen LogP contribution in [0.3, 0.4) is 0 Å². The maximum atomic E-state index is 12.4. The van der Waals surface area contributed by atoms with Gasteiger partial charge in [-0.3, -0.25) is 4.79 Å². The Balaban J connectivity index is 1.52. The molecule has 0 aromatic heterocycles. The number of nitrogens with zero attached hydrogens (tertiary/aromatic N) is 1. The molecule has 1 amide bonds. The molecule has 2 aliphatic heterocycles. The summed E-state index contributed by atoms with van der Waals surface area (Å²) in [6.07, 6.45) is 5.96. The number of nitrogens with one attached hydrogen (secondary N) is 2. The van der Waals surface area contributed by atoms with Crippen molar-refractivity contribution < 1.29 is 4.79 Å². The Labute approximate surface area is 109 Å². The molecule has 0 bridgehead atoms. The van der Waals surface area contributed by atoms with Gasteiger partial charge in [-0.05, 0) is 57.2 Å². The smallest absolute Gasteiger partial charge is 0.225 e. The Kier molecular flexibility index (Phi) is 3.57. The van der Waals surface area contributed by atoms with Crippen LogP contribution >= 0.6 is 0 Å². The highest BCUT2D eigenvalue weighted by Crippen LogP contribution is 2.52. The van der Waals surface area contributed by atoms with Gasteiger partial charge in [-0.2, -0.15) is 0 Å². The Morgan fingerprint density at radius 1 is 1.00 bits per heavy atom. The number of amides is 1. The van der Waals surface area contributed by atoms with E-state index >= 15 is 0 Å². The van der Waals surface area contributed by atoms with Gasteiger partial charge < -0.3 is 15.5 Å². The van der Waals surface area contributed by atoms with E-state index in [1.807, 2.05) is 0 Å². The van der Waals surface area contributed by atoms with Crippen LogP contribution in [0.1, 0.15) is 32.1 Å². The van der Waals surface area contributed by atoms with Gasteiger partial charge in [-0.25, -0.2) is 0 Å². The minimum atomic E-state index is 0.334. The summed E-state index contributed by atoms with van der Waals surface area (Å²) in [7, 11) is 0. The predicted molar refractivity (Wildman–Crippen MR) is 71.3 cm³/mol. The Morgan fingerprint density at radius 3 is 2.50 bits per heavy atom. The highest BCUT2D eigenvalue weighted by molar-refractivity contribution is 5.80. The first-order valence-corrected chi connectivity index (χ1v) is 7.49. The summed E-state index contributed by atoms with van der Waals surface area (Å²) < 4.78 is 0. The van der Waals surface area contributed by atoms with E-state index < -0.39 is 0 Å². The van der Waals surface area contributed by atoms with Crippen LogP contribution in [0.25, 0.3) is 0 Å². The van der Waals surface area contributed by atoms with Crippen molar-refractivity contribution in [3.05, 3.63) is 0 Å². The van der Waals surface area contributed by atoms with E-state index in [4.69, 9.17) is 0 Å². The second kappa shape index (κ2) is 5.17. The standard InChI is InChI=1S/C14H25N3O/c18-13(17-8-1-4-15-7-9-17)12-10-14(11-12)2-5-16-6-3-14/h12,15-16H,1-11H2. The monoisotopic (exact) mass is 251 g/mol. The topological polar surface area (TPSA) is 44.4 Å². The molecule has 3 rings (SSSR count). The van der Waals surface area contributed by atoms with E-state index in [9.17, 15) is 4.79 Å². The molecule has 0 atom stereocenters. The summed E-state index contributed by atoms with van der Waals surface area (Å²) in [4.78, 5) is 14.5. The maximum absolute atomic E-state index is 12.4. The van der Waals surface area contributed by atoms with Gasteiger partial charge in [0.1, 0.15) is 0 Å². The van der Waals surface area contributed by atoms with Crippen molar-refractivity contribution in [3.63, 3.8) is 0 Å². The average Bonchev–Trinajstić information content (AvgIpc) is 2.65. The van der Waals surface area contributed by atoms with E-state index in [1.54, 1.807) is 0 Å². The van der Waals surface area contributed by atoms with Crippen LogP contribution in [0, 0.1) is 11.3 Å². The zero-order valence-corrected chi connectivity index (χ0v) is 11.2. The van der Waals surface area contributed by atoms with Gasteiger partial charge in [-0.15, -0.1) is 0 Å². The second-order valence-corrected chi connectivity index (χ2v) is 6.28. The lowest BCUT2D eigenvalue weighted by Crippen LogP contribution is -2.51. The highest BCUT2D eigenvalue weighted by Gasteiger charge is 2.48. The normalized spacial score (nSPS) is 28.8. The fourth-order valence-electron chi connectivity index (χ4n) is 3.85. The number of piperidine rings is 1. The van der Waals surface area contributed by atoms with Crippen LogP contribution in [0.2, 0.25) is 0 Å². The number of carbonyl (C=O) groups excluding carboxylic acids is 1. The molecular weight excluding hydrogens is 226 g/mol. The largest absolute Gasteiger partial charge is 0.341 e. The van der Waals surface area contributed by atoms with Crippen molar-refractivity contribution in [2.75, 3.05) is 39.3 Å². The van der Waals surface area contributed by atoms with Crippen molar-refractivity contribution in [2.24, 2.45) is 11.3 Å². The van der Waals surface area contributed by atoms with Crippen LogP contribution in [-0.2, 0) is 4.79 Å². The summed E-state index contributed by atoms with van der Waals surface area (Å²) in [6, 6.07) is 0. The Bertz CT molecular complexity index is 296. The minimum Gasteiger partial charge on any atom is -0.341 e. The van der Waals surface area contributed by atoms with Gasteiger partial charge in [0.15, 0.2) is 0 Å². The first kappa shape index (κ1) is 12.4. The Morgan fingerprint density at radius 2 is 1.72 bits per heavy atom. The van der Waals surface area contributed by atoms with E-state index in [0.29, 0.717) is 17.2 Å². The average molecular weight is 251 g/mol. The zero-order valence-electron chi connectivity index (χ0n) is 11.2. The van der Waals surface area contributed by atoms with Crippen LogP contribution in [0.5, 0.6) is 0 Å². The SMILES string of the molecule is O=C(C1CC2(CCNCC2)C1)N1CCCNCC1. The van der Waals surface area contributed by atoms with Crippen molar-refractivity contribution in [2.45, 2.75) is 32.1 Å². The predicted octanol–water partition coefficient (Wildman–Crippen LogP) is 0.588. The molecule has 0 radical (unpaired) electrons. The molecule has 4 heteroatoms. The lowest BCUT2D eigenvalue weighted by atomic mass is 9.57. The molecule has 0 aromatic carbocycles. The van der Waals surface area contributed by atoms with Crippen LogP contribution in [0.15, 0.2) is 0 Å². The summed E-state index contributed by atoms with van der Waals surface area (Å²) in [5.74, 6) is 0.768. The van der Waals surface area contributed by atoms with Gasteiger partial charge in [0.25, 0.3) is 0 Å². The van der Waals surface area contributed by atoms with Crippen molar-refractivity contribution in [3.8, 4) is 0 Å². The van der Waals surface area contributed by atoms with Crippen molar-refractivity contribution >= 4 is 5.91 Å². The third kappa shape index (κ3) is 2.41. The fourth-order valence-corrected chi connectivity index (χ4v) is 3.85. The van der Waals surface area contributed by atoms with Crippen LogP contribution in [0.4, 0.5) is 0 Å². The van der Waals surface area contributed by atoms with E-state index in [1.165, 1.54) is 12.8 Å². The van der Waals surface area contributed by atoms with Crippen LogP contribution in [-0.4, -0.2) is 50.1 Å². The van der Waals surface area contributed by atoms with Gasteiger partial charge >= 0.3 is 0 Å². The molecule has 2 N–H and O–H groups in total. The third-order valence-corrected chi connectivity index (χ3v) is 5.02. The summed E-state index contributed by atoms with van der Waals surface area (Å²) >= 11 is 0. The third-order valence-electron chi connectivity index (χ3n) is 5.02. The first-order valence-electron chi connectivity index (χ1n) is 7.49.